The number of halogens is 2. The lowest BCUT2D eigenvalue weighted by atomic mass is 9.97. The quantitative estimate of drug-likeness (QED) is 0.865. The molecule has 0 unspecified atom stereocenters. The van der Waals surface area contributed by atoms with E-state index in [0.717, 1.165) is 11.6 Å². The van der Waals surface area contributed by atoms with E-state index < -0.39 is 21.7 Å². The van der Waals surface area contributed by atoms with E-state index in [4.69, 9.17) is 0 Å². The number of nitrogens with one attached hydrogen (secondary N) is 1. The van der Waals surface area contributed by atoms with Crippen molar-refractivity contribution in [1.82, 2.24) is 4.31 Å². The number of rotatable bonds is 4. The van der Waals surface area contributed by atoms with Gasteiger partial charge in [-0.15, -0.1) is 0 Å². The fraction of sp³-hybridized carbons (Fsp3) is 0.316. The van der Waals surface area contributed by atoms with Crippen LogP contribution in [0.3, 0.4) is 0 Å². The second-order valence-electron chi connectivity index (χ2n) is 6.56. The molecule has 1 amide bonds. The van der Waals surface area contributed by atoms with Crippen molar-refractivity contribution in [2.24, 2.45) is 5.92 Å². The molecule has 1 heterocycles. The Morgan fingerprint density at radius 2 is 1.78 bits per heavy atom. The molecule has 0 spiro atoms. The van der Waals surface area contributed by atoms with E-state index >= 15 is 0 Å². The van der Waals surface area contributed by atoms with Crippen LogP contribution in [0.25, 0.3) is 0 Å². The fourth-order valence-corrected chi connectivity index (χ4v) is 4.65. The third-order valence-electron chi connectivity index (χ3n) is 4.74. The first-order valence-corrected chi connectivity index (χ1v) is 10.0. The van der Waals surface area contributed by atoms with Gasteiger partial charge in [0.25, 0.3) is 0 Å². The molecule has 0 atom stereocenters. The van der Waals surface area contributed by atoms with Gasteiger partial charge in [0.1, 0.15) is 16.5 Å². The summed E-state index contributed by atoms with van der Waals surface area (Å²) in [7, 11) is -3.94. The molecule has 1 saturated heterocycles. The number of carbonyl (C=O) groups is 1. The highest BCUT2D eigenvalue weighted by Gasteiger charge is 2.33. The Labute approximate surface area is 157 Å². The van der Waals surface area contributed by atoms with Crippen LogP contribution in [0, 0.1) is 24.5 Å². The van der Waals surface area contributed by atoms with E-state index in [-0.39, 0.29) is 29.8 Å². The molecule has 8 heteroatoms. The number of sulfonamides is 1. The molecule has 144 valence electrons. The van der Waals surface area contributed by atoms with Crippen LogP contribution in [0.1, 0.15) is 18.4 Å². The number of hydrogen-bond acceptors (Lipinski definition) is 3. The molecular weight excluding hydrogens is 374 g/mol. The van der Waals surface area contributed by atoms with Crippen molar-refractivity contribution in [2.45, 2.75) is 24.7 Å². The zero-order valence-corrected chi connectivity index (χ0v) is 15.6. The summed E-state index contributed by atoms with van der Waals surface area (Å²) in [5.74, 6) is -1.90. The van der Waals surface area contributed by atoms with Crippen molar-refractivity contribution in [3.8, 4) is 0 Å². The number of carbonyl (C=O) groups excluding carboxylic acids is 1. The monoisotopic (exact) mass is 394 g/mol. The molecule has 3 rings (SSSR count). The van der Waals surface area contributed by atoms with Gasteiger partial charge >= 0.3 is 0 Å². The average Bonchev–Trinajstić information content (AvgIpc) is 2.65. The van der Waals surface area contributed by atoms with Gasteiger partial charge in [0.15, 0.2) is 0 Å². The molecular formula is C19H20F2N2O3S. The van der Waals surface area contributed by atoms with Crippen LogP contribution in [0.4, 0.5) is 14.5 Å². The summed E-state index contributed by atoms with van der Waals surface area (Å²) in [6, 6.07) is 9.39. The first kappa shape index (κ1) is 19.4. The number of hydrogen-bond donors (Lipinski definition) is 1. The SMILES string of the molecule is Cc1ccc(F)cc1NC(=O)C1CCN(S(=O)(=O)c2ccccc2F)CC1. The zero-order chi connectivity index (χ0) is 19.6. The van der Waals surface area contributed by atoms with Crippen molar-refractivity contribution < 1.29 is 22.0 Å². The highest BCUT2D eigenvalue weighted by molar-refractivity contribution is 7.89. The molecule has 0 radical (unpaired) electrons. The lowest BCUT2D eigenvalue weighted by molar-refractivity contribution is -0.120. The van der Waals surface area contributed by atoms with Crippen LogP contribution in [0.15, 0.2) is 47.4 Å². The van der Waals surface area contributed by atoms with Gasteiger partial charge in [-0.1, -0.05) is 18.2 Å². The molecule has 5 nitrogen and oxygen atoms in total. The molecule has 1 N–H and O–H groups in total. The van der Waals surface area contributed by atoms with E-state index in [1.807, 2.05) is 0 Å². The smallest absolute Gasteiger partial charge is 0.245 e. The minimum absolute atomic E-state index is 0.122. The molecule has 2 aromatic carbocycles. The Balaban J connectivity index is 1.66. The second kappa shape index (κ2) is 7.74. The first-order chi connectivity index (χ1) is 12.8. The number of amides is 1. The number of anilines is 1. The summed E-state index contributed by atoms with van der Waals surface area (Å²) >= 11 is 0. The molecule has 0 bridgehead atoms. The van der Waals surface area contributed by atoms with Crippen molar-refractivity contribution in [3.05, 3.63) is 59.7 Å². The Morgan fingerprint density at radius 1 is 1.11 bits per heavy atom. The first-order valence-electron chi connectivity index (χ1n) is 8.61. The second-order valence-corrected chi connectivity index (χ2v) is 8.46. The summed E-state index contributed by atoms with van der Waals surface area (Å²) in [5.41, 5.74) is 1.14. The summed E-state index contributed by atoms with van der Waals surface area (Å²) in [4.78, 5) is 12.1. The van der Waals surface area contributed by atoms with E-state index in [1.54, 1.807) is 13.0 Å². The molecule has 2 aromatic rings. The molecule has 1 fully saturated rings. The van der Waals surface area contributed by atoms with E-state index in [1.165, 1.54) is 34.6 Å². The van der Waals surface area contributed by atoms with Gasteiger partial charge < -0.3 is 5.32 Å². The van der Waals surface area contributed by atoms with E-state index in [2.05, 4.69) is 5.32 Å². The molecule has 0 aromatic heterocycles. The van der Waals surface area contributed by atoms with Crippen LogP contribution in [0.2, 0.25) is 0 Å². The van der Waals surface area contributed by atoms with E-state index in [9.17, 15) is 22.0 Å². The molecule has 27 heavy (non-hydrogen) atoms. The fourth-order valence-electron chi connectivity index (χ4n) is 3.12. The van der Waals surface area contributed by atoms with Gasteiger partial charge in [-0.3, -0.25) is 4.79 Å². The maximum absolute atomic E-state index is 13.9. The van der Waals surface area contributed by atoms with Crippen molar-refractivity contribution in [3.63, 3.8) is 0 Å². The molecule has 1 aliphatic rings. The Hall–Kier alpha value is -2.32. The summed E-state index contributed by atoms with van der Waals surface area (Å²) in [6.45, 7) is 2.01. The average molecular weight is 394 g/mol. The normalized spacial score (nSPS) is 16.3. The molecule has 1 aliphatic heterocycles. The van der Waals surface area contributed by atoms with Gasteiger partial charge in [0.2, 0.25) is 15.9 Å². The summed E-state index contributed by atoms with van der Waals surface area (Å²) in [5, 5.41) is 2.71. The number of nitrogens with zero attached hydrogens (tertiary/aromatic N) is 1. The van der Waals surface area contributed by atoms with Gasteiger partial charge in [0.05, 0.1) is 0 Å². The lowest BCUT2D eigenvalue weighted by Crippen LogP contribution is -2.41. The minimum Gasteiger partial charge on any atom is -0.326 e. The minimum atomic E-state index is -3.94. The predicted octanol–water partition coefficient (Wildman–Crippen LogP) is 3.31. The van der Waals surface area contributed by atoms with Crippen LogP contribution < -0.4 is 5.32 Å². The maximum atomic E-state index is 13.9. The third kappa shape index (κ3) is 4.17. The standard InChI is InChI=1S/C19H20F2N2O3S/c1-13-6-7-15(20)12-17(13)22-19(24)14-8-10-23(11-9-14)27(25,26)18-5-3-2-4-16(18)21/h2-7,12,14H,8-11H2,1H3,(H,22,24). The van der Waals surface area contributed by atoms with Crippen molar-refractivity contribution in [1.29, 1.82) is 0 Å². The van der Waals surface area contributed by atoms with Gasteiger partial charge in [-0.25, -0.2) is 17.2 Å². The Bertz CT molecular complexity index is 955. The van der Waals surface area contributed by atoms with Crippen molar-refractivity contribution >= 4 is 21.6 Å². The Kier molecular flexibility index (Phi) is 5.57. The summed E-state index contributed by atoms with van der Waals surface area (Å²) < 4.78 is 53.6. The third-order valence-corrected chi connectivity index (χ3v) is 6.67. The van der Waals surface area contributed by atoms with Gasteiger partial charge in [-0.2, -0.15) is 4.31 Å². The number of piperidine rings is 1. The van der Waals surface area contributed by atoms with Crippen LogP contribution in [-0.4, -0.2) is 31.7 Å². The van der Waals surface area contributed by atoms with Crippen LogP contribution in [0.5, 0.6) is 0 Å². The lowest BCUT2D eigenvalue weighted by Gasteiger charge is -2.30. The van der Waals surface area contributed by atoms with Crippen LogP contribution in [-0.2, 0) is 14.8 Å². The van der Waals surface area contributed by atoms with Crippen LogP contribution >= 0.6 is 0 Å². The predicted molar refractivity (Wildman–Crippen MR) is 97.6 cm³/mol. The maximum Gasteiger partial charge on any atom is 0.245 e. The highest BCUT2D eigenvalue weighted by atomic mass is 32.2. The molecule has 0 aliphatic carbocycles. The van der Waals surface area contributed by atoms with E-state index in [0.29, 0.717) is 18.5 Å². The van der Waals surface area contributed by atoms with Gasteiger partial charge in [0, 0.05) is 24.7 Å². The number of benzene rings is 2. The largest absolute Gasteiger partial charge is 0.326 e. The zero-order valence-electron chi connectivity index (χ0n) is 14.8. The topological polar surface area (TPSA) is 66.5 Å². The highest BCUT2D eigenvalue weighted by Crippen LogP contribution is 2.26. The summed E-state index contributed by atoms with van der Waals surface area (Å²) in [6.07, 6.45) is 0.627. The number of aryl methyl sites for hydroxylation is 1. The molecule has 0 saturated carbocycles. The van der Waals surface area contributed by atoms with Gasteiger partial charge in [-0.05, 0) is 49.6 Å². The van der Waals surface area contributed by atoms with Crippen molar-refractivity contribution in [2.75, 3.05) is 18.4 Å². The Morgan fingerprint density at radius 3 is 2.44 bits per heavy atom.